The first-order chi connectivity index (χ1) is 14.2. The van der Waals surface area contributed by atoms with E-state index in [0.717, 1.165) is 17.2 Å². The maximum Gasteiger partial charge on any atom is 0.270 e. The van der Waals surface area contributed by atoms with Crippen LogP contribution < -0.4 is 0 Å². The molecule has 0 spiro atoms. The van der Waals surface area contributed by atoms with Crippen molar-refractivity contribution in [3.63, 3.8) is 0 Å². The van der Waals surface area contributed by atoms with Gasteiger partial charge in [-0.1, -0.05) is 35.9 Å². The molecule has 8 nitrogen and oxygen atoms in total. The summed E-state index contributed by atoms with van der Waals surface area (Å²) in [5.41, 5.74) is 2.22. The van der Waals surface area contributed by atoms with Gasteiger partial charge in [-0.15, -0.1) is 0 Å². The number of amides is 1. The molecule has 1 heterocycles. The summed E-state index contributed by atoms with van der Waals surface area (Å²) < 4.78 is 27.2. The van der Waals surface area contributed by atoms with E-state index >= 15 is 0 Å². The van der Waals surface area contributed by atoms with Gasteiger partial charge in [0.25, 0.3) is 5.69 Å². The Kier molecular flexibility index (Phi) is 6.33. The van der Waals surface area contributed by atoms with Crippen LogP contribution in [0.5, 0.6) is 0 Å². The maximum absolute atomic E-state index is 13.0. The maximum atomic E-state index is 13.0. The zero-order valence-corrected chi connectivity index (χ0v) is 17.6. The highest BCUT2D eigenvalue weighted by atomic mass is 32.2. The van der Waals surface area contributed by atoms with Gasteiger partial charge in [0.05, 0.1) is 9.82 Å². The summed E-state index contributed by atoms with van der Waals surface area (Å²) in [7, 11) is -3.88. The third kappa shape index (κ3) is 4.74. The molecule has 0 unspecified atom stereocenters. The van der Waals surface area contributed by atoms with Crippen molar-refractivity contribution in [1.82, 2.24) is 9.21 Å². The van der Waals surface area contributed by atoms with E-state index in [2.05, 4.69) is 0 Å². The highest BCUT2D eigenvalue weighted by molar-refractivity contribution is 7.89. The molecule has 0 radical (unpaired) electrons. The van der Waals surface area contributed by atoms with Crippen molar-refractivity contribution in [2.45, 2.75) is 18.7 Å². The zero-order valence-electron chi connectivity index (χ0n) is 16.8. The van der Waals surface area contributed by atoms with Gasteiger partial charge < -0.3 is 4.90 Å². The Morgan fingerprint density at radius 3 is 2.27 bits per heavy atom. The number of nitro groups is 1. The molecule has 1 fully saturated rings. The fourth-order valence-corrected chi connectivity index (χ4v) is 4.89. The Morgan fingerprint density at radius 2 is 1.67 bits per heavy atom. The Labute approximate surface area is 175 Å². The molecular formula is C21H23N3O5S. The van der Waals surface area contributed by atoms with Crippen LogP contribution in [0.2, 0.25) is 0 Å². The van der Waals surface area contributed by atoms with Gasteiger partial charge in [0.2, 0.25) is 15.9 Å². The summed E-state index contributed by atoms with van der Waals surface area (Å²) in [6.45, 7) is 4.37. The molecule has 1 aliphatic rings. The standard InChI is InChI=1S/C21H23N3O5S/c1-16-3-6-18(7-4-16)8-10-21(25)22-11-13-23(14-12-22)30(28,29)20-15-19(24(26)27)9-5-17(20)2/h3-10,15H,11-14H2,1-2H3/b10-8+. The molecule has 1 saturated heterocycles. The summed E-state index contributed by atoms with van der Waals surface area (Å²) in [5.74, 6) is -0.181. The number of sulfonamides is 1. The molecule has 2 aromatic carbocycles. The molecule has 0 aromatic heterocycles. The van der Waals surface area contributed by atoms with Crippen molar-refractivity contribution >= 4 is 27.7 Å². The molecular weight excluding hydrogens is 406 g/mol. The number of piperazine rings is 1. The van der Waals surface area contributed by atoms with E-state index < -0.39 is 14.9 Å². The topological polar surface area (TPSA) is 101 Å². The van der Waals surface area contributed by atoms with Crippen molar-refractivity contribution in [3.8, 4) is 0 Å². The van der Waals surface area contributed by atoms with E-state index in [1.807, 2.05) is 31.2 Å². The molecule has 0 aliphatic carbocycles. The summed E-state index contributed by atoms with van der Waals surface area (Å²) >= 11 is 0. The van der Waals surface area contributed by atoms with E-state index in [9.17, 15) is 23.3 Å². The van der Waals surface area contributed by atoms with Gasteiger partial charge in [-0.25, -0.2) is 8.42 Å². The summed E-state index contributed by atoms with van der Waals surface area (Å²) in [6, 6.07) is 11.6. The number of carbonyl (C=O) groups excluding carboxylic acids is 1. The molecule has 2 aromatic rings. The Hall–Kier alpha value is -3.04. The Balaban J connectivity index is 1.67. The van der Waals surface area contributed by atoms with E-state index in [1.165, 1.54) is 22.5 Å². The largest absolute Gasteiger partial charge is 0.337 e. The van der Waals surface area contributed by atoms with Crippen molar-refractivity contribution in [3.05, 3.63) is 75.3 Å². The first-order valence-corrected chi connectivity index (χ1v) is 10.9. The van der Waals surface area contributed by atoms with Gasteiger partial charge in [-0.05, 0) is 31.1 Å². The number of hydrogen-bond donors (Lipinski definition) is 0. The van der Waals surface area contributed by atoms with Crippen LogP contribution in [0.25, 0.3) is 6.08 Å². The smallest absolute Gasteiger partial charge is 0.270 e. The SMILES string of the molecule is Cc1ccc(/C=C/C(=O)N2CCN(S(=O)(=O)c3cc([N+](=O)[O-])ccc3C)CC2)cc1. The van der Waals surface area contributed by atoms with Gasteiger partial charge in [-0.2, -0.15) is 4.31 Å². The van der Waals surface area contributed by atoms with Gasteiger partial charge in [0, 0.05) is 44.4 Å². The average molecular weight is 429 g/mol. The second-order valence-electron chi connectivity index (χ2n) is 7.18. The van der Waals surface area contributed by atoms with Crippen LogP contribution in [0.3, 0.4) is 0 Å². The second kappa shape index (κ2) is 8.76. The molecule has 0 atom stereocenters. The van der Waals surface area contributed by atoms with Gasteiger partial charge >= 0.3 is 0 Å². The highest BCUT2D eigenvalue weighted by Crippen LogP contribution is 2.25. The fraction of sp³-hybridized carbons (Fsp3) is 0.286. The lowest BCUT2D eigenvalue weighted by molar-refractivity contribution is -0.385. The Bertz CT molecular complexity index is 1090. The van der Waals surface area contributed by atoms with Crippen molar-refractivity contribution < 1.29 is 18.1 Å². The van der Waals surface area contributed by atoms with Crippen LogP contribution in [0, 0.1) is 24.0 Å². The van der Waals surface area contributed by atoms with Crippen LogP contribution in [0.15, 0.2) is 53.4 Å². The fourth-order valence-electron chi connectivity index (χ4n) is 3.22. The van der Waals surface area contributed by atoms with E-state index in [0.29, 0.717) is 5.56 Å². The van der Waals surface area contributed by atoms with E-state index in [-0.39, 0.29) is 42.7 Å². The normalized spacial score (nSPS) is 15.5. The second-order valence-corrected chi connectivity index (χ2v) is 9.09. The van der Waals surface area contributed by atoms with Crippen LogP contribution >= 0.6 is 0 Å². The van der Waals surface area contributed by atoms with Crippen LogP contribution in [0.4, 0.5) is 5.69 Å². The van der Waals surface area contributed by atoms with Gasteiger partial charge in [0.15, 0.2) is 0 Å². The number of nitro benzene ring substituents is 1. The third-order valence-corrected chi connectivity index (χ3v) is 7.09. The number of hydrogen-bond acceptors (Lipinski definition) is 5. The highest BCUT2D eigenvalue weighted by Gasteiger charge is 2.31. The minimum Gasteiger partial charge on any atom is -0.337 e. The zero-order chi connectivity index (χ0) is 21.9. The van der Waals surface area contributed by atoms with Gasteiger partial charge in [0.1, 0.15) is 0 Å². The first kappa shape index (κ1) is 21.7. The molecule has 1 amide bonds. The predicted molar refractivity (Wildman–Crippen MR) is 113 cm³/mol. The molecule has 0 saturated carbocycles. The lowest BCUT2D eigenvalue weighted by Crippen LogP contribution is -2.50. The van der Waals surface area contributed by atoms with Crippen LogP contribution in [0.1, 0.15) is 16.7 Å². The minimum atomic E-state index is -3.88. The summed E-state index contributed by atoms with van der Waals surface area (Å²) in [6.07, 6.45) is 3.22. The number of non-ortho nitro benzene ring substituents is 1. The first-order valence-electron chi connectivity index (χ1n) is 9.47. The number of aryl methyl sites for hydroxylation is 2. The van der Waals surface area contributed by atoms with Crippen LogP contribution in [-0.4, -0.2) is 54.6 Å². The molecule has 0 bridgehead atoms. The van der Waals surface area contributed by atoms with Crippen molar-refractivity contribution in [1.29, 1.82) is 0 Å². The van der Waals surface area contributed by atoms with E-state index in [1.54, 1.807) is 17.9 Å². The molecule has 1 aliphatic heterocycles. The lowest BCUT2D eigenvalue weighted by Gasteiger charge is -2.33. The predicted octanol–water partition coefficient (Wildman–Crippen LogP) is 2.76. The molecule has 3 rings (SSSR count). The third-order valence-electron chi connectivity index (χ3n) is 5.05. The quantitative estimate of drug-likeness (QED) is 0.413. The lowest BCUT2D eigenvalue weighted by atomic mass is 10.1. The number of nitrogens with zero attached hydrogens (tertiary/aromatic N) is 3. The summed E-state index contributed by atoms with van der Waals surface area (Å²) in [5, 5.41) is 11.0. The molecule has 158 valence electrons. The van der Waals surface area contributed by atoms with E-state index in [4.69, 9.17) is 0 Å². The van der Waals surface area contributed by atoms with Crippen molar-refractivity contribution in [2.24, 2.45) is 0 Å². The number of benzene rings is 2. The molecule has 9 heteroatoms. The Morgan fingerprint density at radius 1 is 1.03 bits per heavy atom. The number of rotatable bonds is 5. The molecule has 0 N–H and O–H groups in total. The van der Waals surface area contributed by atoms with Gasteiger partial charge in [-0.3, -0.25) is 14.9 Å². The monoisotopic (exact) mass is 429 g/mol. The average Bonchev–Trinajstić information content (AvgIpc) is 2.73. The minimum absolute atomic E-state index is 0.0734. The van der Waals surface area contributed by atoms with Crippen LogP contribution in [-0.2, 0) is 14.8 Å². The summed E-state index contributed by atoms with van der Waals surface area (Å²) in [4.78, 5) is 24.4. The molecule has 30 heavy (non-hydrogen) atoms. The number of carbonyl (C=O) groups is 1. The van der Waals surface area contributed by atoms with Crippen molar-refractivity contribution in [2.75, 3.05) is 26.2 Å².